The molecule has 5 rings (SSSR count). The minimum absolute atomic E-state index is 0.0176. The van der Waals surface area contributed by atoms with Crippen LogP contribution in [0.2, 0.25) is 5.02 Å². The second-order valence-electron chi connectivity index (χ2n) is 8.36. The van der Waals surface area contributed by atoms with Gasteiger partial charge in [0.25, 0.3) is 0 Å². The number of aromatic nitrogens is 2. The van der Waals surface area contributed by atoms with Crippen LogP contribution >= 0.6 is 11.6 Å². The van der Waals surface area contributed by atoms with Crippen molar-refractivity contribution >= 4 is 17.7 Å². The predicted octanol–water partition coefficient (Wildman–Crippen LogP) is 4.21. The number of benzene rings is 2. The summed E-state index contributed by atoms with van der Waals surface area (Å²) in [6.07, 6.45) is 3.54. The first-order valence-corrected chi connectivity index (χ1v) is 10.9. The number of amides is 1. The van der Waals surface area contributed by atoms with E-state index in [1.54, 1.807) is 17.1 Å². The fourth-order valence-electron chi connectivity index (χ4n) is 4.92. The van der Waals surface area contributed by atoms with E-state index in [2.05, 4.69) is 34.7 Å². The highest BCUT2D eigenvalue weighted by atomic mass is 35.5. The number of halogens is 1. The standard InChI is InChI=1S/C24H24ClN3O3/c25-16-11-26-28(13-16)12-15-9-22(23(29)10-15)27-24(30)31-14-21-19-7-3-1-5-17(19)18-6-2-4-8-20(18)21/h1-8,11,13,15,21-23,29H,9-10,12,14H2,(H,27,30)/t15?,22-,23-/m1/s1. The number of ether oxygens (including phenoxy) is 1. The van der Waals surface area contributed by atoms with Gasteiger partial charge in [-0.05, 0) is 41.0 Å². The number of hydrogen-bond acceptors (Lipinski definition) is 4. The van der Waals surface area contributed by atoms with Gasteiger partial charge in [-0.3, -0.25) is 4.68 Å². The van der Waals surface area contributed by atoms with Crippen molar-refractivity contribution in [2.45, 2.75) is 37.5 Å². The second-order valence-corrected chi connectivity index (χ2v) is 8.80. The Morgan fingerprint density at radius 3 is 2.45 bits per heavy atom. The first-order chi connectivity index (χ1) is 15.1. The quantitative estimate of drug-likeness (QED) is 0.626. The third kappa shape index (κ3) is 4.05. The topological polar surface area (TPSA) is 76.4 Å². The van der Waals surface area contributed by atoms with Crippen LogP contribution in [0.5, 0.6) is 0 Å². The Morgan fingerprint density at radius 1 is 1.13 bits per heavy atom. The van der Waals surface area contributed by atoms with Crippen LogP contribution in [0.25, 0.3) is 11.1 Å². The number of fused-ring (bicyclic) bond motifs is 3. The first-order valence-electron chi connectivity index (χ1n) is 10.6. The maximum absolute atomic E-state index is 12.5. The van der Waals surface area contributed by atoms with E-state index in [4.69, 9.17) is 16.3 Å². The molecule has 160 valence electrons. The lowest BCUT2D eigenvalue weighted by molar-refractivity contribution is 0.115. The van der Waals surface area contributed by atoms with Crippen molar-refractivity contribution in [2.75, 3.05) is 6.61 Å². The van der Waals surface area contributed by atoms with Crippen molar-refractivity contribution in [3.8, 4) is 11.1 Å². The van der Waals surface area contributed by atoms with Crippen LogP contribution in [-0.4, -0.2) is 39.7 Å². The number of alkyl carbamates (subject to hydrolysis) is 1. The number of aliphatic hydroxyl groups excluding tert-OH is 1. The lowest BCUT2D eigenvalue weighted by Gasteiger charge is -2.18. The molecule has 6 nitrogen and oxygen atoms in total. The number of hydrogen-bond donors (Lipinski definition) is 2. The molecule has 1 unspecified atom stereocenters. The zero-order valence-corrected chi connectivity index (χ0v) is 17.7. The van der Waals surface area contributed by atoms with Gasteiger partial charge in [-0.15, -0.1) is 0 Å². The number of nitrogens with one attached hydrogen (secondary N) is 1. The molecule has 1 amide bonds. The molecule has 0 bridgehead atoms. The lowest BCUT2D eigenvalue weighted by atomic mass is 9.98. The van der Waals surface area contributed by atoms with Gasteiger partial charge < -0.3 is 15.2 Å². The first kappa shape index (κ1) is 20.1. The van der Waals surface area contributed by atoms with Crippen LogP contribution in [0.15, 0.2) is 60.9 Å². The molecule has 2 aromatic carbocycles. The van der Waals surface area contributed by atoms with Crippen LogP contribution in [0, 0.1) is 5.92 Å². The molecule has 1 aromatic heterocycles. The Labute approximate surface area is 185 Å². The van der Waals surface area contributed by atoms with E-state index in [0.717, 1.165) is 0 Å². The Hall–Kier alpha value is -2.83. The molecular formula is C24H24ClN3O3. The minimum atomic E-state index is -0.600. The number of carbonyl (C=O) groups is 1. The SMILES string of the molecule is O=C(N[C@@H]1CC(Cn2cc(Cl)cn2)C[C@H]1O)OCC1c2ccccc2-c2ccccc21. The number of carbonyl (C=O) groups excluding carboxylic acids is 1. The monoisotopic (exact) mass is 437 g/mol. The molecule has 2 N–H and O–H groups in total. The zero-order valence-electron chi connectivity index (χ0n) is 16.9. The van der Waals surface area contributed by atoms with Crippen LogP contribution in [0.4, 0.5) is 4.79 Å². The number of aliphatic hydroxyl groups is 1. The fraction of sp³-hybridized carbons (Fsp3) is 0.333. The van der Waals surface area contributed by atoms with Crippen molar-refractivity contribution in [1.29, 1.82) is 0 Å². The fourth-order valence-corrected chi connectivity index (χ4v) is 5.07. The Morgan fingerprint density at radius 2 is 1.81 bits per heavy atom. The highest BCUT2D eigenvalue weighted by Crippen LogP contribution is 2.44. The second kappa shape index (κ2) is 8.36. The minimum Gasteiger partial charge on any atom is -0.449 e. The van der Waals surface area contributed by atoms with Gasteiger partial charge in [-0.25, -0.2) is 4.79 Å². The third-order valence-corrected chi connectivity index (χ3v) is 6.52. The van der Waals surface area contributed by atoms with Gasteiger partial charge in [-0.1, -0.05) is 60.1 Å². The van der Waals surface area contributed by atoms with Crippen LogP contribution in [0.3, 0.4) is 0 Å². The van der Waals surface area contributed by atoms with Gasteiger partial charge in [-0.2, -0.15) is 5.10 Å². The molecule has 1 heterocycles. The molecule has 0 aliphatic heterocycles. The van der Waals surface area contributed by atoms with E-state index in [-0.39, 0.29) is 24.5 Å². The summed E-state index contributed by atoms with van der Waals surface area (Å²) in [6, 6.07) is 16.2. The summed E-state index contributed by atoms with van der Waals surface area (Å²) in [5.41, 5.74) is 4.74. The molecule has 3 aromatic rings. The largest absolute Gasteiger partial charge is 0.449 e. The summed E-state index contributed by atoms with van der Waals surface area (Å²) in [5, 5.41) is 18.0. The van der Waals surface area contributed by atoms with Gasteiger partial charge in [0.05, 0.1) is 23.4 Å². The smallest absolute Gasteiger partial charge is 0.407 e. The molecule has 1 saturated carbocycles. The average Bonchev–Trinajstić information content (AvgIpc) is 3.42. The van der Waals surface area contributed by atoms with Crippen LogP contribution in [0.1, 0.15) is 29.9 Å². The molecule has 31 heavy (non-hydrogen) atoms. The van der Waals surface area contributed by atoms with E-state index in [0.29, 0.717) is 24.4 Å². The van der Waals surface area contributed by atoms with Crippen molar-refractivity contribution in [2.24, 2.45) is 5.92 Å². The maximum Gasteiger partial charge on any atom is 0.407 e. The van der Waals surface area contributed by atoms with Gasteiger partial charge >= 0.3 is 6.09 Å². The molecule has 2 aliphatic rings. The van der Waals surface area contributed by atoms with E-state index in [1.165, 1.54) is 22.3 Å². The van der Waals surface area contributed by atoms with Crippen molar-refractivity contribution in [1.82, 2.24) is 15.1 Å². The molecule has 0 radical (unpaired) electrons. The molecule has 0 saturated heterocycles. The maximum atomic E-state index is 12.5. The summed E-state index contributed by atoms with van der Waals surface area (Å²) in [4.78, 5) is 12.5. The Balaban J connectivity index is 1.19. The predicted molar refractivity (Wildman–Crippen MR) is 118 cm³/mol. The van der Waals surface area contributed by atoms with E-state index >= 15 is 0 Å². The molecule has 0 spiro atoms. The van der Waals surface area contributed by atoms with Gasteiger partial charge in [0.15, 0.2) is 0 Å². The highest BCUT2D eigenvalue weighted by Gasteiger charge is 2.35. The van der Waals surface area contributed by atoms with Crippen molar-refractivity contribution < 1.29 is 14.6 Å². The van der Waals surface area contributed by atoms with E-state index in [1.807, 2.05) is 24.3 Å². The highest BCUT2D eigenvalue weighted by molar-refractivity contribution is 6.30. The Bertz CT molecular complexity index is 1050. The number of rotatable bonds is 5. The molecule has 1 fully saturated rings. The van der Waals surface area contributed by atoms with Crippen LogP contribution in [-0.2, 0) is 11.3 Å². The summed E-state index contributed by atoms with van der Waals surface area (Å²) < 4.78 is 7.38. The summed E-state index contributed by atoms with van der Waals surface area (Å²) in [5.74, 6) is 0.230. The molecule has 2 aliphatic carbocycles. The van der Waals surface area contributed by atoms with Gasteiger partial charge in [0.1, 0.15) is 6.61 Å². The third-order valence-electron chi connectivity index (χ3n) is 6.32. The summed E-state index contributed by atoms with van der Waals surface area (Å²) in [7, 11) is 0. The van der Waals surface area contributed by atoms with Gasteiger partial charge in [0.2, 0.25) is 0 Å². The molecular weight excluding hydrogens is 414 g/mol. The van der Waals surface area contributed by atoms with E-state index < -0.39 is 12.2 Å². The summed E-state index contributed by atoms with van der Waals surface area (Å²) >= 11 is 5.92. The normalized spacial score (nSPS) is 22.2. The van der Waals surface area contributed by atoms with Gasteiger partial charge in [0, 0.05) is 18.7 Å². The lowest BCUT2D eigenvalue weighted by Crippen LogP contribution is -2.40. The van der Waals surface area contributed by atoms with Crippen LogP contribution < -0.4 is 5.32 Å². The average molecular weight is 438 g/mol. The van der Waals surface area contributed by atoms with E-state index in [9.17, 15) is 9.90 Å². The molecule has 7 heteroatoms. The van der Waals surface area contributed by atoms with Crippen molar-refractivity contribution in [3.05, 3.63) is 77.1 Å². The molecule has 3 atom stereocenters. The van der Waals surface area contributed by atoms with Crippen molar-refractivity contribution in [3.63, 3.8) is 0 Å². The number of nitrogens with zero attached hydrogens (tertiary/aromatic N) is 2. The summed E-state index contributed by atoms with van der Waals surface area (Å²) in [6.45, 7) is 0.921. The zero-order chi connectivity index (χ0) is 21.4. The Kier molecular flexibility index (Phi) is 5.42.